The molecule has 2 rings (SSSR count). The monoisotopic (exact) mass is 358 g/mol. The van der Waals surface area contributed by atoms with Crippen LogP contribution in [0.5, 0.6) is 5.75 Å². The highest BCUT2D eigenvalue weighted by Crippen LogP contribution is 2.30. The molecule has 1 atom stereocenters. The van der Waals surface area contributed by atoms with Crippen LogP contribution < -0.4 is 4.74 Å². The summed E-state index contributed by atoms with van der Waals surface area (Å²) in [6, 6.07) is 14.6. The van der Waals surface area contributed by atoms with Gasteiger partial charge in [0.25, 0.3) is 0 Å². The van der Waals surface area contributed by atoms with E-state index in [1.54, 1.807) is 0 Å². The lowest BCUT2D eigenvalue weighted by atomic mass is 10.1. The Kier molecular flexibility index (Phi) is 5.28. The zero-order chi connectivity index (χ0) is 15.3. The first kappa shape index (κ1) is 15.9. The summed E-state index contributed by atoms with van der Waals surface area (Å²) in [6.45, 7) is 0.427. The fourth-order valence-electron chi connectivity index (χ4n) is 1.85. The molecule has 0 aliphatic rings. The standard InChI is InChI=1S/C16H14BrF3O/c17-15(12-4-2-1-3-5-12)10-11-21-14-8-6-13(7-9-14)16(18,19)20/h1-9,15H,10-11H2. The van der Waals surface area contributed by atoms with Crippen molar-refractivity contribution in [3.63, 3.8) is 0 Å². The Hall–Kier alpha value is -1.49. The third kappa shape index (κ3) is 4.77. The van der Waals surface area contributed by atoms with E-state index in [1.165, 1.54) is 12.1 Å². The first-order valence-electron chi connectivity index (χ1n) is 6.46. The van der Waals surface area contributed by atoms with E-state index in [0.29, 0.717) is 12.4 Å². The van der Waals surface area contributed by atoms with Crippen molar-refractivity contribution in [3.05, 3.63) is 65.7 Å². The molecule has 21 heavy (non-hydrogen) atoms. The third-order valence-electron chi connectivity index (χ3n) is 2.98. The molecule has 0 fully saturated rings. The predicted molar refractivity (Wildman–Crippen MR) is 79.7 cm³/mol. The molecule has 112 valence electrons. The minimum absolute atomic E-state index is 0.160. The number of hydrogen-bond acceptors (Lipinski definition) is 1. The highest BCUT2D eigenvalue weighted by molar-refractivity contribution is 9.09. The summed E-state index contributed by atoms with van der Waals surface area (Å²) in [5, 5.41) is 0. The quantitative estimate of drug-likeness (QED) is 0.631. The summed E-state index contributed by atoms with van der Waals surface area (Å²) in [5.74, 6) is 0.441. The molecule has 0 radical (unpaired) electrons. The summed E-state index contributed by atoms with van der Waals surface area (Å²) in [5.41, 5.74) is 0.478. The molecule has 2 aromatic carbocycles. The molecular weight excluding hydrogens is 345 g/mol. The van der Waals surface area contributed by atoms with E-state index in [9.17, 15) is 13.2 Å². The van der Waals surface area contributed by atoms with Gasteiger partial charge in [-0.25, -0.2) is 0 Å². The maximum Gasteiger partial charge on any atom is 0.416 e. The summed E-state index contributed by atoms with van der Waals surface area (Å²) >= 11 is 3.57. The summed E-state index contributed by atoms with van der Waals surface area (Å²) in [4.78, 5) is 0.160. The molecule has 0 amide bonds. The number of alkyl halides is 4. The Morgan fingerprint density at radius 1 is 0.952 bits per heavy atom. The SMILES string of the molecule is FC(F)(F)c1ccc(OCCC(Br)c2ccccc2)cc1. The van der Waals surface area contributed by atoms with E-state index < -0.39 is 11.7 Å². The molecule has 0 heterocycles. The number of halogens is 4. The Balaban J connectivity index is 1.84. The Morgan fingerprint density at radius 2 is 1.57 bits per heavy atom. The fourth-order valence-corrected chi connectivity index (χ4v) is 2.34. The molecule has 0 N–H and O–H groups in total. The molecule has 2 aromatic rings. The van der Waals surface area contributed by atoms with Crippen LogP contribution in [0, 0.1) is 0 Å². The minimum Gasteiger partial charge on any atom is -0.494 e. The van der Waals surface area contributed by atoms with Crippen molar-refractivity contribution < 1.29 is 17.9 Å². The van der Waals surface area contributed by atoms with Crippen LogP contribution in [0.4, 0.5) is 13.2 Å². The van der Waals surface area contributed by atoms with E-state index in [4.69, 9.17) is 4.74 Å². The smallest absolute Gasteiger partial charge is 0.416 e. The lowest BCUT2D eigenvalue weighted by Crippen LogP contribution is -2.05. The van der Waals surface area contributed by atoms with Crippen LogP contribution in [0.3, 0.4) is 0 Å². The molecule has 0 bridgehead atoms. The highest BCUT2D eigenvalue weighted by atomic mass is 79.9. The first-order chi connectivity index (χ1) is 9.97. The van der Waals surface area contributed by atoms with Gasteiger partial charge in [0.1, 0.15) is 5.75 Å². The Morgan fingerprint density at radius 3 is 2.14 bits per heavy atom. The van der Waals surface area contributed by atoms with Gasteiger partial charge in [-0.2, -0.15) is 13.2 Å². The summed E-state index contributed by atoms with van der Waals surface area (Å²) in [7, 11) is 0. The van der Waals surface area contributed by atoms with E-state index in [-0.39, 0.29) is 4.83 Å². The zero-order valence-electron chi connectivity index (χ0n) is 11.1. The second-order valence-corrected chi connectivity index (χ2v) is 5.64. The average Bonchev–Trinajstić information content (AvgIpc) is 2.47. The van der Waals surface area contributed by atoms with Gasteiger partial charge in [0, 0.05) is 4.83 Å². The molecule has 5 heteroatoms. The Labute approximate surface area is 129 Å². The van der Waals surface area contributed by atoms with E-state index in [1.807, 2.05) is 30.3 Å². The minimum atomic E-state index is -4.31. The van der Waals surface area contributed by atoms with Gasteiger partial charge in [0.15, 0.2) is 0 Å². The van der Waals surface area contributed by atoms with E-state index in [0.717, 1.165) is 24.1 Å². The zero-order valence-corrected chi connectivity index (χ0v) is 12.7. The van der Waals surface area contributed by atoms with Gasteiger partial charge >= 0.3 is 6.18 Å². The van der Waals surface area contributed by atoms with Crippen LogP contribution in [-0.2, 0) is 6.18 Å². The second-order valence-electron chi connectivity index (χ2n) is 4.54. The van der Waals surface area contributed by atoms with Crippen molar-refractivity contribution in [3.8, 4) is 5.75 Å². The number of rotatable bonds is 5. The first-order valence-corrected chi connectivity index (χ1v) is 7.37. The van der Waals surface area contributed by atoms with Crippen molar-refractivity contribution in [1.29, 1.82) is 0 Å². The van der Waals surface area contributed by atoms with Crippen molar-refractivity contribution in [2.24, 2.45) is 0 Å². The van der Waals surface area contributed by atoms with Gasteiger partial charge in [0.2, 0.25) is 0 Å². The van der Waals surface area contributed by atoms with Gasteiger partial charge in [0.05, 0.1) is 12.2 Å². The molecule has 0 aliphatic carbocycles. The van der Waals surface area contributed by atoms with Crippen molar-refractivity contribution >= 4 is 15.9 Å². The van der Waals surface area contributed by atoms with Crippen LogP contribution in [0.15, 0.2) is 54.6 Å². The van der Waals surface area contributed by atoms with Gasteiger partial charge in [-0.05, 0) is 36.2 Å². The molecule has 0 aromatic heterocycles. The number of hydrogen-bond donors (Lipinski definition) is 0. The molecule has 0 saturated heterocycles. The molecule has 1 nitrogen and oxygen atoms in total. The van der Waals surface area contributed by atoms with E-state index >= 15 is 0 Å². The molecule has 0 spiro atoms. The fraction of sp³-hybridized carbons (Fsp3) is 0.250. The van der Waals surface area contributed by atoms with Crippen molar-refractivity contribution in [2.75, 3.05) is 6.61 Å². The molecular formula is C16H14BrF3O. The van der Waals surface area contributed by atoms with Gasteiger partial charge in [-0.3, -0.25) is 0 Å². The summed E-state index contributed by atoms with van der Waals surface area (Å²) in [6.07, 6.45) is -3.59. The van der Waals surface area contributed by atoms with Gasteiger partial charge < -0.3 is 4.74 Å². The van der Waals surface area contributed by atoms with Gasteiger partial charge in [-0.1, -0.05) is 46.3 Å². The Bertz CT molecular complexity index is 552. The van der Waals surface area contributed by atoms with Crippen LogP contribution in [0.2, 0.25) is 0 Å². The molecule has 0 saturated carbocycles. The normalized spacial score (nSPS) is 13.0. The van der Waals surface area contributed by atoms with E-state index in [2.05, 4.69) is 15.9 Å². The van der Waals surface area contributed by atoms with Crippen molar-refractivity contribution in [2.45, 2.75) is 17.4 Å². The second kappa shape index (κ2) is 6.98. The average molecular weight is 359 g/mol. The third-order valence-corrected chi connectivity index (χ3v) is 3.97. The summed E-state index contributed by atoms with van der Waals surface area (Å²) < 4.78 is 42.7. The number of benzene rings is 2. The van der Waals surface area contributed by atoms with Crippen LogP contribution >= 0.6 is 15.9 Å². The topological polar surface area (TPSA) is 9.23 Å². The molecule has 1 unspecified atom stereocenters. The predicted octanol–water partition coefficient (Wildman–Crippen LogP) is 5.61. The van der Waals surface area contributed by atoms with Gasteiger partial charge in [-0.15, -0.1) is 0 Å². The lowest BCUT2D eigenvalue weighted by molar-refractivity contribution is -0.137. The maximum atomic E-state index is 12.4. The molecule has 0 aliphatic heterocycles. The van der Waals surface area contributed by atoms with Crippen LogP contribution in [-0.4, -0.2) is 6.61 Å². The van der Waals surface area contributed by atoms with Crippen LogP contribution in [0.1, 0.15) is 22.4 Å². The largest absolute Gasteiger partial charge is 0.494 e. The number of ether oxygens (including phenoxy) is 1. The van der Waals surface area contributed by atoms with Crippen molar-refractivity contribution in [1.82, 2.24) is 0 Å². The van der Waals surface area contributed by atoms with Crippen LogP contribution in [0.25, 0.3) is 0 Å². The lowest BCUT2D eigenvalue weighted by Gasteiger charge is -2.12. The highest BCUT2D eigenvalue weighted by Gasteiger charge is 2.29. The maximum absolute atomic E-state index is 12.4.